The van der Waals surface area contributed by atoms with Gasteiger partial charge in [-0.3, -0.25) is 4.79 Å². The van der Waals surface area contributed by atoms with Crippen molar-refractivity contribution < 1.29 is 14.6 Å². The summed E-state index contributed by atoms with van der Waals surface area (Å²) in [4.78, 5) is 17.0. The van der Waals surface area contributed by atoms with E-state index >= 15 is 0 Å². The summed E-state index contributed by atoms with van der Waals surface area (Å²) in [5.74, 6) is 0.788. The first kappa shape index (κ1) is 18.4. The minimum atomic E-state index is -0.790. The van der Waals surface area contributed by atoms with Crippen molar-refractivity contribution in [2.24, 2.45) is 0 Å². The van der Waals surface area contributed by atoms with Gasteiger partial charge < -0.3 is 15.2 Å². The first-order valence-corrected chi connectivity index (χ1v) is 8.87. The number of hydrogen-bond acceptors (Lipinski definition) is 5. The number of aliphatic hydroxyl groups is 1. The van der Waals surface area contributed by atoms with Crippen molar-refractivity contribution in [3.05, 3.63) is 45.9 Å². The third-order valence-electron chi connectivity index (χ3n) is 3.31. The lowest BCUT2D eigenvalue weighted by molar-refractivity contribution is 0.0920. The molecule has 24 heavy (non-hydrogen) atoms. The molecule has 1 atom stereocenters. The number of ether oxygens (including phenoxy) is 1. The Morgan fingerprint density at radius 3 is 2.71 bits per heavy atom. The Morgan fingerprint density at radius 2 is 2.08 bits per heavy atom. The SMILES string of the molecule is CC(C)Oc1cccc(C(O)CNC(=O)c2cnc(C(C)C)s2)c1. The Kier molecular flexibility index (Phi) is 6.34. The highest BCUT2D eigenvalue weighted by Gasteiger charge is 2.15. The second-order valence-corrected chi connectivity index (χ2v) is 7.24. The van der Waals surface area contributed by atoms with Crippen molar-refractivity contribution in [2.45, 2.75) is 45.8 Å². The van der Waals surface area contributed by atoms with E-state index in [0.29, 0.717) is 22.1 Å². The van der Waals surface area contributed by atoms with Crippen molar-refractivity contribution in [2.75, 3.05) is 6.54 Å². The number of benzene rings is 1. The fourth-order valence-corrected chi connectivity index (χ4v) is 2.96. The van der Waals surface area contributed by atoms with E-state index in [0.717, 1.165) is 5.01 Å². The molecule has 5 nitrogen and oxygen atoms in total. The van der Waals surface area contributed by atoms with E-state index in [2.05, 4.69) is 10.3 Å². The van der Waals surface area contributed by atoms with E-state index < -0.39 is 6.10 Å². The van der Waals surface area contributed by atoms with Crippen LogP contribution in [0.25, 0.3) is 0 Å². The number of aromatic nitrogens is 1. The zero-order valence-corrected chi connectivity index (χ0v) is 15.3. The lowest BCUT2D eigenvalue weighted by atomic mass is 10.1. The highest BCUT2D eigenvalue weighted by molar-refractivity contribution is 7.13. The van der Waals surface area contributed by atoms with Crippen molar-refractivity contribution in [3.8, 4) is 5.75 Å². The van der Waals surface area contributed by atoms with Gasteiger partial charge in [-0.05, 0) is 31.5 Å². The maximum absolute atomic E-state index is 12.2. The normalized spacial score (nSPS) is 12.5. The minimum absolute atomic E-state index is 0.0681. The predicted molar refractivity (Wildman–Crippen MR) is 95.7 cm³/mol. The molecular weight excluding hydrogens is 324 g/mol. The smallest absolute Gasteiger partial charge is 0.263 e. The Labute approximate surface area is 146 Å². The zero-order valence-electron chi connectivity index (χ0n) is 14.4. The van der Waals surface area contributed by atoms with Gasteiger partial charge in [0.25, 0.3) is 5.91 Å². The van der Waals surface area contributed by atoms with Crippen LogP contribution in [0.15, 0.2) is 30.5 Å². The molecule has 1 heterocycles. The van der Waals surface area contributed by atoms with Crippen molar-refractivity contribution in [1.29, 1.82) is 0 Å². The Bertz CT molecular complexity index is 682. The van der Waals surface area contributed by atoms with Gasteiger partial charge in [-0.2, -0.15) is 0 Å². The second-order valence-electron chi connectivity index (χ2n) is 6.18. The maximum Gasteiger partial charge on any atom is 0.263 e. The van der Waals surface area contributed by atoms with Crippen molar-refractivity contribution in [3.63, 3.8) is 0 Å². The van der Waals surface area contributed by atoms with Gasteiger partial charge in [-0.1, -0.05) is 26.0 Å². The standard InChI is InChI=1S/C18H24N2O3S/c1-11(2)18-20-10-16(24-18)17(22)19-9-15(21)13-6-5-7-14(8-13)23-12(3)4/h5-8,10-12,15,21H,9H2,1-4H3,(H,19,22). The topological polar surface area (TPSA) is 71.5 Å². The van der Waals surface area contributed by atoms with Crippen LogP contribution in [-0.4, -0.2) is 28.6 Å². The number of carbonyl (C=O) groups is 1. The number of carbonyl (C=O) groups excluding carboxylic acids is 1. The average Bonchev–Trinajstić information content (AvgIpc) is 3.02. The molecule has 130 valence electrons. The van der Waals surface area contributed by atoms with Crippen LogP contribution in [0.1, 0.15) is 60.0 Å². The fourth-order valence-electron chi connectivity index (χ4n) is 2.12. The third-order valence-corrected chi connectivity index (χ3v) is 4.61. The quantitative estimate of drug-likeness (QED) is 0.803. The van der Waals surface area contributed by atoms with Gasteiger partial charge in [-0.25, -0.2) is 4.98 Å². The largest absolute Gasteiger partial charge is 0.491 e. The minimum Gasteiger partial charge on any atom is -0.491 e. The molecule has 0 radical (unpaired) electrons. The van der Waals surface area contributed by atoms with Crippen molar-refractivity contribution >= 4 is 17.2 Å². The van der Waals surface area contributed by atoms with Crippen LogP contribution in [0.3, 0.4) is 0 Å². The molecule has 2 aromatic rings. The van der Waals surface area contributed by atoms with Gasteiger partial charge in [0.1, 0.15) is 10.6 Å². The van der Waals surface area contributed by atoms with Gasteiger partial charge >= 0.3 is 0 Å². The maximum atomic E-state index is 12.2. The molecule has 0 aliphatic carbocycles. The zero-order chi connectivity index (χ0) is 17.7. The molecule has 1 aromatic carbocycles. The fraction of sp³-hybridized carbons (Fsp3) is 0.444. The number of amides is 1. The second kappa shape index (κ2) is 8.26. The number of nitrogens with one attached hydrogen (secondary N) is 1. The van der Waals surface area contributed by atoms with E-state index in [1.807, 2.05) is 45.9 Å². The van der Waals surface area contributed by atoms with Crippen LogP contribution in [0.5, 0.6) is 5.75 Å². The number of aliphatic hydroxyl groups excluding tert-OH is 1. The van der Waals surface area contributed by atoms with E-state index in [9.17, 15) is 9.90 Å². The molecule has 0 bridgehead atoms. The summed E-state index contributed by atoms with van der Waals surface area (Å²) in [7, 11) is 0. The molecule has 0 aliphatic heterocycles. The Hall–Kier alpha value is -1.92. The molecule has 0 spiro atoms. The molecule has 2 rings (SSSR count). The van der Waals surface area contributed by atoms with E-state index in [-0.39, 0.29) is 18.6 Å². The van der Waals surface area contributed by atoms with Gasteiger partial charge in [0, 0.05) is 12.5 Å². The predicted octanol–water partition coefficient (Wildman–Crippen LogP) is 3.52. The lowest BCUT2D eigenvalue weighted by Gasteiger charge is -2.15. The monoisotopic (exact) mass is 348 g/mol. The summed E-state index contributed by atoms with van der Waals surface area (Å²) in [5, 5.41) is 14.0. The summed E-state index contributed by atoms with van der Waals surface area (Å²) in [5.41, 5.74) is 0.709. The van der Waals surface area contributed by atoms with E-state index in [1.54, 1.807) is 12.3 Å². The lowest BCUT2D eigenvalue weighted by Crippen LogP contribution is -2.27. The molecule has 0 saturated carbocycles. The summed E-state index contributed by atoms with van der Waals surface area (Å²) in [6, 6.07) is 7.28. The van der Waals surface area contributed by atoms with Crippen molar-refractivity contribution in [1.82, 2.24) is 10.3 Å². The van der Waals surface area contributed by atoms with E-state index in [4.69, 9.17) is 4.74 Å². The number of rotatable bonds is 7. The molecule has 6 heteroatoms. The number of hydrogen-bond donors (Lipinski definition) is 2. The van der Waals surface area contributed by atoms with Crippen LogP contribution in [-0.2, 0) is 0 Å². The first-order valence-electron chi connectivity index (χ1n) is 8.05. The highest BCUT2D eigenvalue weighted by Crippen LogP contribution is 2.22. The van der Waals surface area contributed by atoms with Gasteiger partial charge in [0.05, 0.1) is 23.4 Å². The number of thiazole rings is 1. The van der Waals surface area contributed by atoms with Crippen LogP contribution in [0.2, 0.25) is 0 Å². The molecule has 2 N–H and O–H groups in total. The summed E-state index contributed by atoms with van der Waals surface area (Å²) < 4.78 is 5.62. The third kappa shape index (κ3) is 5.04. The van der Waals surface area contributed by atoms with Crippen LogP contribution in [0, 0.1) is 0 Å². The average molecular weight is 348 g/mol. The Balaban J connectivity index is 1.94. The summed E-state index contributed by atoms with van der Waals surface area (Å²) >= 11 is 1.38. The Morgan fingerprint density at radius 1 is 1.33 bits per heavy atom. The van der Waals surface area contributed by atoms with Crippen LogP contribution >= 0.6 is 11.3 Å². The van der Waals surface area contributed by atoms with Crippen LogP contribution < -0.4 is 10.1 Å². The summed E-state index contributed by atoms with van der Waals surface area (Å²) in [6.45, 7) is 8.11. The molecule has 1 amide bonds. The summed E-state index contributed by atoms with van der Waals surface area (Å²) in [6.07, 6.45) is 0.861. The molecule has 1 unspecified atom stereocenters. The van der Waals surface area contributed by atoms with Gasteiger partial charge in [0.2, 0.25) is 0 Å². The van der Waals surface area contributed by atoms with E-state index in [1.165, 1.54) is 11.3 Å². The highest BCUT2D eigenvalue weighted by atomic mass is 32.1. The molecular formula is C18H24N2O3S. The van der Waals surface area contributed by atoms with Gasteiger partial charge in [-0.15, -0.1) is 11.3 Å². The first-order chi connectivity index (χ1) is 11.4. The molecule has 0 fully saturated rings. The van der Waals surface area contributed by atoms with Crippen LogP contribution in [0.4, 0.5) is 0 Å². The number of nitrogens with zero attached hydrogens (tertiary/aromatic N) is 1. The molecule has 0 aliphatic rings. The molecule has 1 aromatic heterocycles. The molecule has 0 saturated heterocycles. The van der Waals surface area contributed by atoms with Gasteiger partial charge in [0.15, 0.2) is 0 Å².